The van der Waals surface area contributed by atoms with Crippen molar-refractivity contribution < 1.29 is 9.90 Å². The summed E-state index contributed by atoms with van der Waals surface area (Å²) in [6.45, 7) is 4.27. The van der Waals surface area contributed by atoms with Gasteiger partial charge in [-0.05, 0) is 48.1 Å². The Morgan fingerprint density at radius 2 is 1.54 bits per heavy atom. The molecule has 0 unspecified atom stereocenters. The summed E-state index contributed by atoms with van der Waals surface area (Å²) in [5, 5.41) is 10.2. The summed E-state index contributed by atoms with van der Waals surface area (Å²) < 4.78 is 0. The number of carbonyl (C=O) groups is 1. The van der Waals surface area contributed by atoms with E-state index in [0.29, 0.717) is 12.0 Å². The van der Waals surface area contributed by atoms with Crippen LogP contribution in [0.15, 0.2) is 42.5 Å². The van der Waals surface area contributed by atoms with Crippen molar-refractivity contribution in [2.75, 3.05) is 0 Å². The summed E-state index contributed by atoms with van der Waals surface area (Å²) in [6, 6.07) is 13.9. The lowest BCUT2D eigenvalue weighted by Crippen LogP contribution is -1.99. The summed E-state index contributed by atoms with van der Waals surface area (Å²) >= 11 is 0. The number of ketones is 1. The Kier molecular flexibility index (Phi) is 7.05. The van der Waals surface area contributed by atoms with Gasteiger partial charge in [0.05, 0.1) is 5.56 Å². The molecule has 0 saturated carbocycles. The second kappa shape index (κ2) is 9.27. The van der Waals surface area contributed by atoms with Crippen molar-refractivity contribution in [3.63, 3.8) is 0 Å². The van der Waals surface area contributed by atoms with Crippen LogP contribution < -0.4 is 0 Å². The number of unbranched alkanes of at least 4 members (excludes halogenated alkanes) is 3. The maximum absolute atomic E-state index is 12.1. The molecule has 0 radical (unpaired) electrons. The van der Waals surface area contributed by atoms with Crippen LogP contribution in [0.25, 0.3) is 11.1 Å². The van der Waals surface area contributed by atoms with Crippen LogP contribution in [0.3, 0.4) is 0 Å². The predicted molar refractivity (Wildman–Crippen MR) is 101 cm³/mol. The van der Waals surface area contributed by atoms with Gasteiger partial charge in [-0.1, -0.05) is 63.4 Å². The van der Waals surface area contributed by atoms with Crippen molar-refractivity contribution in [1.82, 2.24) is 0 Å². The number of rotatable bonds is 9. The zero-order valence-electron chi connectivity index (χ0n) is 14.8. The summed E-state index contributed by atoms with van der Waals surface area (Å²) in [5.41, 5.74) is 3.79. The highest BCUT2D eigenvalue weighted by atomic mass is 16.3. The normalized spacial score (nSPS) is 10.8. The van der Waals surface area contributed by atoms with Gasteiger partial charge >= 0.3 is 0 Å². The Hall–Kier alpha value is -2.09. The number of hydrogen-bond acceptors (Lipinski definition) is 2. The van der Waals surface area contributed by atoms with Crippen molar-refractivity contribution in [3.05, 3.63) is 53.6 Å². The van der Waals surface area contributed by atoms with Gasteiger partial charge in [0.1, 0.15) is 5.75 Å². The molecule has 0 aliphatic heterocycles. The lowest BCUT2D eigenvalue weighted by molar-refractivity contribution is 0.0977. The maximum Gasteiger partial charge on any atom is 0.166 e. The number of phenols is 1. The van der Waals surface area contributed by atoms with E-state index >= 15 is 0 Å². The zero-order valence-corrected chi connectivity index (χ0v) is 14.8. The molecule has 0 saturated heterocycles. The van der Waals surface area contributed by atoms with Crippen molar-refractivity contribution in [2.24, 2.45) is 0 Å². The molecule has 2 aromatic carbocycles. The molecule has 1 N–H and O–H groups in total. The quantitative estimate of drug-likeness (QED) is 0.442. The van der Waals surface area contributed by atoms with E-state index < -0.39 is 0 Å². The van der Waals surface area contributed by atoms with Gasteiger partial charge < -0.3 is 5.11 Å². The molecule has 2 aromatic rings. The highest BCUT2D eigenvalue weighted by Crippen LogP contribution is 2.28. The first kappa shape index (κ1) is 18.3. The van der Waals surface area contributed by atoms with Crippen LogP contribution in [-0.4, -0.2) is 10.9 Å². The van der Waals surface area contributed by atoms with E-state index in [9.17, 15) is 9.90 Å². The molecule has 2 nitrogen and oxygen atoms in total. The van der Waals surface area contributed by atoms with Crippen LogP contribution in [0.5, 0.6) is 5.75 Å². The zero-order chi connectivity index (χ0) is 17.4. The lowest BCUT2D eigenvalue weighted by Gasteiger charge is -2.08. The molecule has 0 bridgehead atoms. The van der Waals surface area contributed by atoms with Crippen LogP contribution >= 0.6 is 0 Å². The van der Waals surface area contributed by atoms with E-state index in [2.05, 4.69) is 38.1 Å². The summed E-state index contributed by atoms with van der Waals surface area (Å²) in [5.74, 6) is 0.104. The fourth-order valence-corrected chi connectivity index (χ4v) is 2.86. The fourth-order valence-electron chi connectivity index (χ4n) is 2.86. The largest absolute Gasteiger partial charge is 0.507 e. The van der Waals surface area contributed by atoms with E-state index in [4.69, 9.17) is 0 Å². The Balaban J connectivity index is 2.09. The van der Waals surface area contributed by atoms with Crippen molar-refractivity contribution in [3.8, 4) is 16.9 Å². The van der Waals surface area contributed by atoms with E-state index in [-0.39, 0.29) is 11.5 Å². The molecule has 128 valence electrons. The third kappa shape index (κ3) is 4.95. The lowest BCUT2D eigenvalue weighted by atomic mass is 9.98. The minimum absolute atomic E-state index is 0.0205. The maximum atomic E-state index is 12.1. The third-order valence-electron chi connectivity index (χ3n) is 4.41. The number of hydrogen-bond donors (Lipinski definition) is 1. The Morgan fingerprint density at radius 1 is 0.875 bits per heavy atom. The Labute approximate surface area is 145 Å². The van der Waals surface area contributed by atoms with Crippen LogP contribution in [0.2, 0.25) is 0 Å². The van der Waals surface area contributed by atoms with Gasteiger partial charge in [-0.15, -0.1) is 0 Å². The molecule has 0 aromatic heterocycles. The molecular weight excluding hydrogens is 296 g/mol. The first-order chi connectivity index (χ1) is 11.7. The van der Waals surface area contributed by atoms with Gasteiger partial charge in [0, 0.05) is 6.42 Å². The van der Waals surface area contributed by atoms with Gasteiger partial charge in [-0.25, -0.2) is 0 Å². The average molecular weight is 324 g/mol. The second-order valence-corrected chi connectivity index (χ2v) is 6.41. The number of aromatic hydroxyl groups is 1. The highest BCUT2D eigenvalue weighted by Gasteiger charge is 2.11. The summed E-state index contributed by atoms with van der Waals surface area (Å²) in [6.07, 6.45) is 7.18. The second-order valence-electron chi connectivity index (χ2n) is 6.41. The number of Topliss-reactive ketones (excluding diaryl/α,β-unsaturated/α-hetero) is 1. The van der Waals surface area contributed by atoms with Gasteiger partial charge in [0.25, 0.3) is 0 Å². The molecule has 2 rings (SSSR count). The van der Waals surface area contributed by atoms with E-state index in [1.54, 1.807) is 12.1 Å². The fraction of sp³-hybridized carbons (Fsp3) is 0.409. The van der Waals surface area contributed by atoms with Gasteiger partial charge in [0.2, 0.25) is 0 Å². The van der Waals surface area contributed by atoms with Gasteiger partial charge in [-0.2, -0.15) is 0 Å². The standard InChI is InChI=1S/C22H28O2/c1-3-5-7-8-17-10-12-18(13-11-17)19-14-15-20(22(24)16-19)21(23)9-6-4-2/h10-16,24H,3-9H2,1-2H3. The molecule has 0 amide bonds. The average Bonchev–Trinajstić information content (AvgIpc) is 2.60. The number of phenolic OH excluding ortho intramolecular Hbond substituents is 1. The van der Waals surface area contributed by atoms with Crippen LogP contribution in [0.1, 0.15) is 68.3 Å². The molecule has 2 heteroatoms. The molecule has 0 aliphatic carbocycles. The van der Waals surface area contributed by atoms with E-state index in [1.165, 1.54) is 24.8 Å². The summed E-state index contributed by atoms with van der Waals surface area (Å²) in [7, 11) is 0. The van der Waals surface area contributed by atoms with Crippen molar-refractivity contribution in [2.45, 2.75) is 58.8 Å². The SMILES string of the molecule is CCCCCc1ccc(-c2ccc(C(=O)CCCC)c(O)c2)cc1. The van der Waals surface area contributed by atoms with Crippen molar-refractivity contribution in [1.29, 1.82) is 0 Å². The van der Waals surface area contributed by atoms with Crippen LogP contribution in [-0.2, 0) is 6.42 Å². The number of carbonyl (C=O) groups excluding carboxylic acids is 1. The molecular formula is C22H28O2. The first-order valence-electron chi connectivity index (χ1n) is 9.11. The molecule has 0 heterocycles. The minimum Gasteiger partial charge on any atom is -0.507 e. The topological polar surface area (TPSA) is 37.3 Å². The molecule has 24 heavy (non-hydrogen) atoms. The van der Waals surface area contributed by atoms with Crippen LogP contribution in [0.4, 0.5) is 0 Å². The number of aryl methyl sites for hydroxylation is 1. The third-order valence-corrected chi connectivity index (χ3v) is 4.41. The summed E-state index contributed by atoms with van der Waals surface area (Å²) in [4.78, 5) is 12.1. The van der Waals surface area contributed by atoms with Crippen LogP contribution in [0, 0.1) is 0 Å². The Morgan fingerprint density at radius 3 is 2.17 bits per heavy atom. The molecule has 0 atom stereocenters. The smallest absolute Gasteiger partial charge is 0.166 e. The molecule has 0 fully saturated rings. The minimum atomic E-state index is 0.0205. The molecule has 0 aliphatic rings. The highest BCUT2D eigenvalue weighted by molar-refractivity contribution is 5.99. The Bertz CT molecular complexity index is 656. The van der Waals surface area contributed by atoms with Crippen molar-refractivity contribution >= 4 is 5.78 Å². The van der Waals surface area contributed by atoms with E-state index in [0.717, 1.165) is 30.4 Å². The van der Waals surface area contributed by atoms with Gasteiger partial charge in [-0.3, -0.25) is 4.79 Å². The first-order valence-corrected chi connectivity index (χ1v) is 9.11. The monoisotopic (exact) mass is 324 g/mol. The van der Waals surface area contributed by atoms with E-state index in [1.807, 2.05) is 6.07 Å². The predicted octanol–water partition coefficient (Wildman–Crippen LogP) is 6.16. The number of benzene rings is 2. The molecule has 0 spiro atoms. The van der Waals surface area contributed by atoms with Gasteiger partial charge in [0.15, 0.2) is 5.78 Å².